The number of amides is 1. The highest BCUT2D eigenvalue weighted by Crippen LogP contribution is 2.37. The first-order valence-electron chi connectivity index (χ1n) is 10.9. The van der Waals surface area contributed by atoms with E-state index in [1.165, 1.54) is 12.1 Å². The summed E-state index contributed by atoms with van der Waals surface area (Å²) < 4.78 is 42.2. The van der Waals surface area contributed by atoms with Crippen molar-refractivity contribution in [1.29, 1.82) is 0 Å². The molecule has 1 saturated heterocycles. The summed E-state index contributed by atoms with van der Waals surface area (Å²) in [5, 5.41) is 7.63. The number of piperidine rings is 1. The molecular formula is C22H26F3N5O. The van der Waals surface area contributed by atoms with E-state index in [1.807, 2.05) is 0 Å². The van der Waals surface area contributed by atoms with E-state index in [9.17, 15) is 18.0 Å². The molecule has 1 amide bonds. The topological polar surface area (TPSA) is 63.1 Å². The molecule has 3 aliphatic rings. The van der Waals surface area contributed by atoms with E-state index in [2.05, 4.69) is 20.3 Å². The van der Waals surface area contributed by atoms with Gasteiger partial charge in [-0.25, -0.2) is 22.8 Å². The van der Waals surface area contributed by atoms with Crippen molar-refractivity contribution in [3.8, 4) is 11.4 Å². The van der Waals surface area contributed by atoms with Crippen molar-refractivity contribution in [3.63, 3.8) is 0 Å². The van der Waals surface area contributed by atoms with Crippen LogP contribution in [-0.4, -0.2) is 56.2 Å². The maximum absolute atomic E-state index is 13.6. The van der Waals surface area contributed by atoms with E-state index >= 15 is 0 Å². The first-order chi connectivity index (χ1) is 14.8. The summed E-state index contributed by atoms with van der Waals surface area (Å²) in [6.45, 7) is 1.61. The van der Waals surface area contributed by atoms with Crippen molar-refractivity contribution >= 4 is 5.91 Å². The molecule has 2 aromatic rings. The first-order valence-corrected chi connectivity index (χ1v) is 10.9. The van der Waals surface area contributed by atoms with E-state index < -0.39 is 11.5 Å². The predicted octanol–water partition coefficient (Wildman–Crippen LogP) is 3.17. The van der Waals surface area contributed by atoms with Crippen LogP contribution in [0.1, 0.15) is 44.3 Å². The highest BCUT2D eigenvalue weighted by Gasteiger charge is 2.43. The lowest BCUT2D eigenvalue weighted by Gasteiger charge is -2.45. The van der Waals surface area contributed by atoms with Crippen molar-refractivity contribution in [1.82, 2.24) is 25.0 Å². The number of nitrogens with zero attached hydrogens (tertiary/aromatic N) is 4. The van der Waals surface area contributed by atoms with E-state index in [0.717, 1.165) is 25.9 Å². The zero-order valence-electron chi connectivity index (χ0n) is 17.3. The minimum absolute atomic E-state index is 0.0397. The Morgan fingerprint density at radius 1 is 1.10 bits per heavy atom. The Morgan fingerprint density at radius 3 is 2.55 bits per heavy atom. The molecule has 5 rings (SSSR count). The smallest absolute Gasteiger partial charge is 0.248 e. The van der Waals surface area contributed by atoms with Gasteiger partial charge in [-0.15, -0.1) is 0 Å². The fourth-order valence-electron chi connectivity index (χ4n) is 5.21. The lowest BCUT2D eigenvalue weighted by atomic mass is 9.82. The average molecular weight is 433 g/mol. The van der Waals surface area contributed by atoms with Crippen molar-refractivity contribution in [2.24, 2.45) is 0 Å². The number of alkyl halides is 2. The highest BCUT2D eigenvalue weighted by atomic mass is 19.3. The van der Waals surface area contributed by atoms with E-state index in [1.54, 1.807) is 16.8 Å². The largest absolute Gasteiger partial charge is 0.349 e. The maximum atomic E-state index is 13.6. The number of likely N-dealkylation sites (tertiary alicyclic amines) is 1. The van der Waals surface area contributed by atoms with E-state index in [0.29, 0.717) is 36.5 Å². The summed E-state index contributed by atoms with van der Waals surface area (Å²) in [6.07, 6.45) is 3.01. The van der Waals surface area contributed by atoms with Crippen LogP contribution in [0.15, 0.2) is 24.3 Å². The number of hydrogen-bond donors (Lipinski definition) is 1. The number of carbonyl (C=O) groups excluding carboxylic acids is 1. The van der Waals surface area contributed by atoms with Crippen molar-refractivity contribution in [3.05, 3.63) is 35.9 Å². The summed E-state index contributed by atoms with van der Waals surface area (Å²) in [7, 11) is 0. The Hall–Kier alpha value is -2.42. The molecule has 2 aliphatic heterocycles. The standard InChI is InChI=1S/C22H26F3N5O/c23-16-3-1-2-15(12-16)20-26-18-13-21(27-19(31)14-30(18)28-20)8-10-29(11-9-21)17-4-6-22(24,25)7-5-17/h1-3,12,17H,4-11,13-14H2,(H,27,31). The van der Waals surface area contributed by atoms with Gasteiger partial charge in [0.15, 0.2) is 5.82 Å². The van der Waals surface area contributed by atoms with Crippen LogP contribution in [0.5, 0.6) is 0 Å². The van der Waals surface area contributed by atoms with Gasteiger partial charge in [0.25, 0.3) is 0 Å². The number of halogens is 3. The molecule has 1 aromatic carbocycles. The van der Waals surface area contributed by atoms with Gasteiger partial charge in [-0.2, -0.15) is 5.10 Å². The van der Waals surface area contributed by atoms with Gasteiger partial charge in [0, 0.05) is 49.5 Å². The summed E-state index contributed by atoms with van der Waals surface area (Å²) in [5.74, 6) is -1.86. The fraction of sp³-hybridized carbons (Fsp3) is 0.591. The van der Waals surface area contributed by atoms with Crippen LogP contribution in [0.25, 0.3) is 11.4 Å². The van der Waals surface area contributed by atoms with Gasteiger partial charge >= 0.3 is 0 Å². The lowest BCUT2D eigenvalue weighted by molar-refractivity contribution is -0.124. The van der Waals surface area contributed by atoms with Crippen LogP contribution in [0, 0.1) is 5.82 Å². The van der Waals surface area contributed by atoms with Crippen molar-refractivity contribution < 1.29 is 18.0 Å². The van der Waals surface area contributed by atoms with Gasteiger partial charge < -0.3 is 10.2 Å². The zero-order chi connectivity index (χ0) is 21.6. The summed E-state index contributed by atoms with van der Waals surface area (Å²) >= 11 is 0. The Morgan fingerprint density at radius 2 is 1.84 bits per heavy atom. The van der Waals surface area contributed by atoms with Crippen LogP contribution >= 0.6 is 0 Å². The van der Waals surface area contributed by atoms with Gasteiger partial charge in [-0.3, -0.25) is 4.79 Å². The number of benzene rings is 1. The van der Waals surface area contributed by atoms with Crippen molar-refractivity contribution in [2.45, 2.75) is 69.0 Å². The minimum atomic E-state index is -2.52. The van der Waals surface area contributed by atoms with Crippen LogP contribution < -0.4 is 5.32 Å². The predicted molar refractivity (Wildman–Crippen MR) is 108 cm³/mol. The van der Waals surface area contributed by atoms with Crippen molar-refractivity contribution in [2.75, 3.05) is 13.1 Å². The molecule has 1 aromatic heterocycles. The average Bonchev–Trinajstić information content (AvgIpc) is 3.05. The van der Waals surface area contributed by atoms with Gasteiger partial charge in [0.2, 0.25) is 11.8 Å². The van der Waals surface area contributed by atoms with E-state index in [4.69, 9.17) is 0 Å². The van der Waals surface area contributed by atoms with Gasteiger partial charge in [0.05, 0.1) is 0 Å². The fourth-order valence-corrected chi connectivity index (χ4v) is 5.21. The highest BCUT2D eigenvalue weighted by molar-refractivity contribution is 5.77. The molecule has 1 spiro atoms. The molecule has 6 nitrogen and oxygen atoms in total. The first kappa shape index (κ1) is 20.5. The molecule has 166 valence electrons. The zero-order valence-corrected chi connectivity index (χ0v) is 17.3. The maximum Gasteiger partial charge on any atom is 0.248 e. The number of aromatic nitrogens is 3. The monoisotopic (exact) mass is 433 g/mol. The molecule has 3 heterocycles. The summed E-state index contributed by atoms with van der Waals surface area (Å²) in [5.41, 5.74) is 0.172. The third-order valence-corrected chi connectivity index (χ3v) is 6.98. The molecule has 1 saturated carbocycles. The number of nitrogens with one attached hydrogen (secondary N) is 1. The van der Waals surface area contributed by atoms with Crippen LogP contribution in [0.3, 0.4) is 0 Å². The van der Waals surface area contributed by atoms with Gasteiger partial charge in [-0.1, -0.05) is 12.1 Å². The molecule has 1 N–H and O–H groups in total. The molecular weight excluding hydrogens is 407 g/mol. The molecule has 31 heavy (non-hydrogen) atoms. The number of hydrogen-bond acceptors (Lipinski definition) is 4. The molecule has 9 heteroatoms. The molecule has 2 fully saturated rings. The van der Waals surface area contributed by atoms with Gasteiger partial charge in [-0.05, 0) is 37.8 Å². The minimum Gasteiger partial charge on any atom is -0.349 e. The van der Waals surface area contributed by atoms with Crippen LogP contribution in [-0.2, 0) is 17.8 Å². The molecule has 0 atom stereocenters. The number of carbonyl (C=O) groups is 1. The summed E-state index contributed by atoms with van der Waals surface area (Å²) in [6, 6.07) is 6.31. The molecule has 0 bridgehead atoms. The molecule has 0 radical (unpaired) electrons. The SMILES string of the molecule is O=C1Cn2nc(-c3cccc(F)c3)nc2CC2(CCN(C3CCC(F)(F)CC3)CC2)N1. The lowest BCUT2D eigenvalue weighted by Crippen LogP contribution is -2.58. The second-order valence-corrected chi connectivity index (χ2v) is 9.15. The number of rotatable bonds is 2. The molecule has 1 aliphatic carbocycles. The summed E-state index contributed by atoms with van der Waals surface area (Å²) in [4.78, 5) is 19.6. The van der Waals surface area contributed by atoms with Crippen LogP contribution in [0.2, 0.25) is 0 Å². The Kier molecular flexibility index (Phi) is 5.03. The Bertz CT molecular complexity index is 973. The second-order valence-electron chi connectivity index (χ2n) is 9.15. The Labute approximate surface area is 178 Å². The number of fused-ring (bicyclic) bond motifs is 1. The Balaban J connectivity index is 1.31. The van der Waals surface area contributed by atoms with Gasteiger partial charge in [0.1, 0.15) is 18.2 Å². The molecule has 0 unspecified atom stereocenters. The third kappa shape index (κ3) is 4.20. The van der Waals surface area contributed by atoms with E-state index in [-0.39, 0.29) is 37.2 Å². The normalized spacial score (nSPS) is 23.9. The second kappa shape index (κ2) is 7.62. The third-order valence-electron chi connectivity index (χ3n) is 6.98. The van der Waals surface area contributed by atoms with Crippen LogP contribution in [0.4, 0.5) is 13.2 Å². The quantitative estimate of drug-likeness (QED) is 0.790.